The summed E-state index contributed by atoms with van der Waals surface area (Å²) in [5, 5.41) is 10.3. The zero-order valence-corrected chi connectivity index (χ0v) is 11.0. The number of hydrogen-bond acceptors (Lipinski definition) is 2. The Morgan fingerprint density at radius 1 is 1.33 bits per heavy atom. The summed E-state index contributed by atoms with van der Waals surface area (Å²) in [4.78, 5) is 2.71. The van der Waals surface area contributed by atoms with Gasteiger partial charge in [-0.2, -0.15) is 0 Å². The molecule has 0 saturated heterocycles. The summed E-state index contributed by atoms with van der Waals surface area (Å²) in [5.41, 5.74) is -0.565. The lowest BCUT2D eigenvalue weighted by molar-refractivity contribution is 0.00588. The van der Waals surface area contributed by atoms with Gasteiger partial charge in [0.1, 0.15) is 0 Å². The molecule has 1 rings (SSSR count). The van der Waals surface area contributed by atoms with E-state index in [2.05, 4.69) is 32.9 Å². The van der Waals surface area contributed by atoms with Gasteiger partial charge in [-0.1, -0.05) is 27.2 Å². The third-order valence-electron chi connectivity index (χ3n) is 3.27. The lowest BCUT2D eigenvalue weighted by atomic mass is 9.85. The highest BCUT2D eigenvalue weighted by molar-refractivity contribution is 7.12. The van der Waals surface area contributed by atoms with Gasteiger partial charge >= 0.3 is 0 Å². The molecule has 1 heterocycles. The van der Waals surface area contributed by atoms with E-state index < -0.39 is 5.60 Å². The summed E-state index contributed by atoms with van der Waals surface area (Å²) in [6.45, 7) is 8.37. The Morgan fingerprint density at radius 2 is 1.93 bits per heavy atom. The fourth-order valence-electron chi connectivity index (χ4n) is 1.67. The van der Waals surface area contributed by atoms with E-state index in [4.69, 9.17) is 0 Å². The van der Waals surface area contributed by atoms with Gasteiger partial charge in [-0.05, 0) is 31.4 Å². The number of aliphatic hydroxyl groups is 1. The first kappa shape index (κ1) is 12.7. The third kappa shape index (κ3) is 3.32. The van der Waals surface area contributed by atoms with Gasteiger partial charge < -0.3 is 5.11 Å². The van der Waals surface area contributed by atoms with Crippen LogP contribution in [0.2, 0.25) is 0 Å². The molecule has 0 amide bonds. The summed E-state index contributed by atoms with van der Waals surface area (Å²) >= 11 is 1.83. The normalized spacial score (nSPS) is 17.4. The molecule has 0 aromatic carbocycles. The minimum atomic E-state index is -0.565. The van der Waals surface area contributed by atoms with E-state index in [-0.39, 0.29) is 0 Å². The van der Waals surface area contributed by atoms with Crippen LogP contribution in [0.4, 0.5) is 0 Å². The molecule has 1 N–H and O–H groups in total. The Hall–Kier alpha value is -0.340. The molecule has 1 aromatic rings. The van der Waals surface area contributed by atoms with Gasteiger partial charge in [0.05, 0.1) is 5.60 Å². The van der Waals surface area contributed by atoms with Crippen LogP contribution in [0.25, 0.3) is 0 Å². The molecule has 0 aliphatic heterocycles. The van der Waals surface area contributed by atoms with Crippen LogP contribution < -0.4 is 0 Å². The van der Waals surface area contributed by atoms with E-state index in [1.165, 1.54) is 9.75 Å². The van der Waals surface area contributed by atoms with Gasteiger partial charge in [0.25, 0.3) is 0 Å². The van der Waals surface area contributed by atoms with E-state index in [0.29, 0.717) is 5.92 Å². The summed E-state index contributed by atoms with van der Waals surface area (Å²) in [6, 6.07) is 4.33. The number of rotatable bonds is 5. The average molecular weight is 226 g/mol. The number of hydrogen-bond donors (Lipinski definition) is 1. The summed E-state index contributed by atoms with van der Waals surface area (Å²) < 4.78 is 0. The molecule has 86 valence electrons. The SMILES string of the molecule is CCc1ccc(CC(C)(O)C(C)CC)s1. The van der Waals surface area contributed by atoms with Crippen molar-refractivity contribution < 1.29 is 5.11 Å². The molecule has 0 radical (unpaired) electrons. The van der Waals surface area contributed by atoms with Crippen molar-refractivity contribution in [3.8, 4) is 0 Å². The van der Waals surface area contributed by atoms with E-state index >= 15 is 0 Å². The van der Waals surface area contributed by atoms with Crippen LogP contribution >= 0.6 is 11.3 Å². The maximum absolute atomic E-state index is 10.3. The molecule has 0 saturated carbocycles. The largest absolute Gasteiger partial charge is 0.390 e. The topological polar surface area (TPSA) is 20.2 Å². The molecule has 2 atom stereocenters. The van der Waals surface area contributed by atoms with Crippen molar-refractivity contribution in [3.05, 3.63) is 21.9 Å². The summed E-state index contributed by atoms with van der Waals surface area (Å²) in [6.07, 6.45) is 2.90. The molecule has 0 aliphatic carbocycles. The Kier molecular flexibility index (Phi) is 4.35. The van der Waals surface area contributed by atoms with E-state index in [0.717, 1.165) is 19.3 Å². The van der Waals surface area contributed by atoms with Crippen molar-refractivity contribution in [1.82, 2.24) is 0 Å². The molecule has 15 heavy (non-hydrogen) atoms. The molecule has 2 unspecified atom stereocenters. The lowest BCUT2D eigenvalue weighted by Gasteiger charge is -2.29. The molecule has 0 spiro atoms. The van der Waals surface area contributed by atoms with Crippen molar-refractivity contribution >= 4 is 11.3 Å². The third-order valence-corrected chi connectivity index (χ3v) is 4.50. The second-order valence-electron chi connectivity index (χ2n) is 4.56. The predicted octanol–water partition coefficient (Wildman–Crippen LogP) is 3.65. The van der Waals surface area contributed by atoms with Crippen LogP contribution in [-0.4, -0.2) is 10.7 Å². The average Bonchev–Trinajstić information content (AvgIpc) is 2.63. The second kappa shape index (κ2) is 5.13. The van der Waals surface area contributed by atoms with Gasteiger partial charge in [-0.15, -0.1) is 11.3 Å². The van der Waals surface area contributed by atoms with E-state index in [1.54, 1.807) is 0 Å². The van der Waals surface area contributed by atoms with Gasteiger partial charge in [0.2, 0.25) is 0 Å². The van der Waals surface area contributed by atoms with Gasteiger partial charge in [0.15, 0.2) is 0 Å². The first-order valence-electron chi connectivity index (χ1n) is 5.79. The van der Waals surface area contributed by atoms with Crippen molar-refractivity contribution in [2.75, 3.05) is 0 Å². The first-order chi connectivity index (χ1) is 6.99. The Balaban J connectivity index is 2.68. The van der Waals surface area contributed by atoms with Crippen LogP contribution in [0.15, 0.2) is 12.1 Å². The Morgan fingerprint density at radius 3 is 2.40 bits per heavy atom. The highest BCUT2D eigenvalue weighted by Gasteiger charge is 2.27. The molecule has 1 nitrogen and oxygen atoms in total. The minimum Gasteiger partial charge on any atom is -0.390 e. The molecule has 2 heteroatoms. The van der Waals surface area contributed by atoms with Crippen molar-refractivity contribution in [2.24, 2.45) is 5.92 Å². The summed E-state index contributed by atoms with van der Waals surface area (Å²) in [5.74, 6) is 0.352. The Bertz CT molecular complexity index is 301. The fraction of sp³-hybridized carbons (Fsp3) is 0.692. The van der Waals surface area contributed by atoms with Gasteiger partial charge in [-0.25, -0.2) is 0 Å². The number of aryl methyl sites for hydroxylation is 1. The predicted molar refractivity (Wildman–Crippen MR) is 67.5 cm³/mol. The molecular weight excluding hydrogens is 204 g/mol. The number of thiophene rings is 1. The molecule has 0 fully saturated rings. The maximum Gasteiger partial charge on any atom is 0.0693 e. The smallest absolute Gasteiger partial charge is 0.0693 e. The van der Waals surface area contributed by atoms with E-state index in [9.17, 15) is 5.11 Å². The van der Waals surface area contributed by atoms with Crippen LogP contribution in [0.1, 0.15) is 43.9 Å². The lowest BCUT2D eigenvalue weighted by Crippen LogP contribution is -2.34. The molecular formula is C13H22OS. The van der Waals surface area contributed by atoms with Crippen LogP contribution in [-0.2, 0) is 12.8 Å². The second-order valence-corrected chi connectivity index (χ2v) is 5.82. The van der Waals surface area contributed by atoms with Crippen LogP contribution in [0.5, 0.6) is 0 Å². The quantitative estimate of drug-likeness (QED) is 0.812. The highest BCUT2D eigenvalue weighted by atomic mass is 32.1. The zero-order valence-electron chi connectivity index (χ0n) is 10.2. The standard InChI is InChI=1S/C13H22OS/c1-5-10(3)13(4,14)9-12-8-7-11(6-2)15-12/h7-8,10,14H,5-6,9H2,1-4H3. The minimum absolute atomic E-state index is 0.352. The fourth-order valence-corrected chi connectivity index (χ4v) is 2.79. The highest BCUT2D eigenvalue weighted by Crippen LogP contribution is 2.28. The summed E-state index contributed by atoms with van der Waals surface area (Å²) in [7, 11) is 0. The van der Waals surface area contributed by atoms with Crippen molar-refractivity contribution in [1.29, 1.82) is 0 Å². The first-order valence-corrected chi connectivity index (χ1v) is 6.61. The molecule has 0 aliphatic rings. The van der Waals surface area contributed by atoms with E-state index in [1.807, 2.05) is 18.3 Å². The monoisotopic (exact) mass is 226 g/mol. The molecule has 0 bridgehead atoms. The Labute approximate surface area is 97.2 Å². The van der Waals surface area contributed by atoms with Crippen molar-refractivity contribution in [3.63, 3.8) is 0 Å². The van der Waals surface area contributed by atoms with Crippen LogP contribution in [0.3, 0.4) is 0 Å². The van der Waals surface area contributed by atoms with Gasteiger partial charge in [-0.3, -0.25) is 0 Å². The maximum atomic E-state index is 10.3. The zero-order chi connectivity index (χ0) is 11.5. The molecule has 1 aromatic heterocycles. The van der Waals surface area contributed by atoms with Gasteiger partial charge in [0, 0.05) is 16.2 Å². The van der Waals surface area contributed by atoms with Crippen molar-refractivity contribution in [2.45, 2.75) is 52.6 Å². The van der Waals surface area contributed by atoms with Crippen LogP contribution in [0, 0.1) is 5.92 Å².